The molecular formula is C18H29NO2Si. The number of benzene rings is 1. The molecule has 0 saturated carbocycles. The van der Waals surface area contributed by atoms with Gasteiger partial charge < -0.3 is 9.33 Å². The molecular weight excluding hydrogens is 290 g/mol. The molecule has 1 amide bonds. The molecule has 1 aromatic rings. The lowest BCUT2D eigenvalue weighted by Crippen LogP contribution is -2.61. The lowest BCUT2D eigenvalue weighted by atomic mass is 9.89. The van der Waals surface area contributed by atoms with Crippen molar-refractivity contribution in [2.75, 3.05) is 6.61 Å². The first-order valence-electron chi connectivity index (χ1n) is 8.12. The zero-order valence-corrected chi connectivity index (χ0v) is 15.7. The van der Waals surface area contributed by atoms with Gasteiger partial charge in [0.15, 0.2) is 8.32 Å². The van der Waals surface area contributed by atoms with E-state index in [0.29, 0.717) is 13.2 Å². The van der Waals surface area contributed by atoms with E-state index in [1.54, 1.807) is 0 Å². The SMILES string of the molecule is C[C@H]1[C@H](CO[Si](C)(C)C(C)(C)C)C(=O)N1Cc1ccccc1. The summed E-state index contributed by atoms with van der Waals surface area (Å²) in [5.41, 5.74) is 1.19. The number of carbonyl (C=O) groups is 1. The fourth-order valence-electron chi connectivity index (χ4n) is 2.48. The number of carbonyl (C=O) groups excluding carboxylic acids is 1. The summed E-state index contributed by atoms with van der Waals surface area (Å²) < 4.78 is 6.23. The van der Waals surface area contributed by atoms with E-state index in [9.17, 15) is 4.79 Å². The first-order chi connectivity index (χ1) is 10.1. The van der Waals surface area contributed by atoms with Gasteiger partial charge in [0.05, 0.1) is 5.92 Å². The fourth-order valence-corrected chi connectivity index (χ4v) is 3.51. The van der Waals surface area contributed by atoms with Gasteiger partial charge in [0.2, 0.25) is 5.91 Å². The molecule has 1 aliphatic rings. The summed E-state index contributed by atoms with van der Waals surface area (Å²) in [5.74, 6) is 0.257. The highest BCUT2D eigenvalue weighted by Crippen LogP contribution is 2.38. The van der Waals surface area contributed by atoms with E-state index in [0.717, 1.165) is 0 Å². The second-order valence-electron chi connectivity index (χ2n) is 7.87. The Morgan fingerprint density at radius 2 is 1.77 bits per heavy atom. The van der Waals surface area contributed by atoms with E-state index >= 15 is 0 Å². The smallest absolute Gasteiger partial charge is 0.230 e. The van der Waals surface area contributed by atoms with Crippen molar-refractivity contribution < 1.29 is 9.22 Å². The average molecular weight is 320 g/mol. The van der Waals surface area contributed by atoms with Crippen molar-refractivity contribution in [3.05, 3.63) is 35.9 Å². The van der Waals surface area contributed by atoms with E-state index in [2.05, 4.69) is 52.9 Å². The van der Waals surface area contributed by atoms with Gasteiger partial charge in [-0.25, -0.2) is 0 Å². The van der Waals surface area contributed by atoms with Crippen LogP contribution in [0.1, 0.15) is 33.3 Å². The molecule has 1 aromatic carbocycles. The summed E-state index contributed by atoms with van der Waals surface area (Å²) in [6.45, 7) is 14.6. The Labute approximate surface area is 135 Å². The Morgan fingerprint density at radius 3 is 2.27 bits per heavy atom. The van der Waals surface area contributed by atoms with Gasteiger partial charge >= 0.3 is 0 Å². The number of hydrogen-bond acceptors (Lipinski definition) is 2. The van der Waals surface area contributed by atoms with Crippen molar-refractivity contribution in [2.45, 2.75) is 58.4 Å². The predicted octanol–water partition coefficient (Wildman–Crippen LogP) is 4.06. The van der Waals surface area contributed by atoms with Gasteiger partial charge in [-0.2, -0.15) is 0 Å². The standard InChI is InChI=1S/C18H29NO2Si/c1-14-16(13-21-22(5,6)18(2,3)4)17(20)19(14)12-15-10-8-7-9-11-15/h7-11,14,16H,12-13H2,1-6H3/t14-,16-/m0/s1. The number of likely N-dealkylation sites (tertiary alicyclic amines) is 1. The first kappa shape index (κ1) is 17.2. The van der Waals surface area contributed by atoms with Crippen LogP contribution in [0.25, 0.3) is 0 Å². The number of rotatable bonds is 5. The van der Waals surface area contributed by atoms with E-state index in [1.165, 1.54) is 5.56 Å². The quantitative estimate of drug-likeness (QED) is 0.605. The molecule has 122 valence electrons. The van der Waals surface area contributed by atoms with Gasteiger partial charge in [-0.1, -0.05) is 51.1 Å². The third kappa shape index (κ3) is 3.44. The maximum Gasteiger partial charge on any atom is 0.230 e. The van der Waals surface area contributed by atoms with Crippen LogP contribution in [0.5, 0.6) is 0 Å². The molecule has 2 atom stereocenters. The zero-order chi connectivity index (χ0) is 16.5. The molecule has 1 fully saturated rings. The largest absolute Gasteiger partial charge is 0.416 e. The van der Waals surface area contributed by atoms with Crippen LogP contribution in [-0.2, 0) is 15.8 Å². The number of amides is 1. The van der Waals surface area contributed by atoms with Crippen molar-refractivity contribution in [1.29, 1.82) is 0 Å². The molecule has 1 aliphatic heterocycles. The maximum atomic E-state index is 12.4. The van der Waals surface area contributed by atoms with Gasteiger partial charge in [-0.3, -0.25) is 4.79 Å². The normalized spacial score (nSPS) is 22.6. The molecule has 1 heterocycles. The molecule has 22 heavy (non-hydrogen) atoms. The van der Waals surface area contributed by atoms with E-state index in [4.69, 9.17) is 4.43 Å². The zero-order valence-electron chi connectivity index (χ0n) is 14.7. The van der Waals surface area contributed by atoms with Crippen LogP contribution in [0.3, 0.4) is 0 Å². The summed E-state index contributed by atoms with van der Waals surface area (Å²) in [7, 11) is -1.78. The van der Waals surface area contributed by atoms with Crippen LogP contribution >= 0.6 is 0 Å². The number of nitrogens with zero attached hydrogens (tertiary/aromatic N) is 1. The lowest BCUT2D eigenvalue weighted by molar-refractivity contribution is -0.158. The van der Waals surface area contributed by atoms with Crippen LogP contribution in [-0.4, -0.2) is 31.8 Å². The molecule has 1 saturated heterocycles. The highest BCUT2D eigenvalue weighted by atomic mass is 28.4. The fraction of sp³-hybridized carbons (Fsp3) is 0.611. The summed E-state index contributed by atoms with van der Waals surface area (Å²) in [6.07, 6.45) is 0. The molecule has 4 heteroatoms. The minimum absolute atomic E-state index is 0.0258. The number of β-lactam (4-membered cyclic amide) rings is 1. The Balaban J connectivity index is 1.90. The highest BCUT2D eigenvalue weighted by molar-refractivity contribution is 6.74. The van der Waals surface area contributed by atoms with E-state index in [1.807, 2.05) is 23.1 Å². The Morgan fingerprint density at radius 1 is 1.18 bits per heavy atom. The maximum absolute atomic E-state index is 12.4. The molecule has 0 aliphatic carbocycles. The van der Waals surface area contributed by atoms with Crippen LogP contribution < -0.4 is 0 Å². The molecule has 3 nitrogen and oxygen atoms in total. The third-order valence-corrected chi connectivity index (χ3v) is 9.80. The summed E-state index contributed by atoms with van der Waals surface area (Å²) in [6, 6.07) is 10.4. The van der Waals surface area contributed by atoms with Gasteiger partial charge in [-0.15, -0.1) is 0 Å². The monoisotopic (exact) mass is 319 g/mol. The minimum Gasteiger partial charge on any atom is -0.416 e. The molecule has 0 spiro atoms. The van der Waals surface area contributed by atoms with Gasteiger partial charge in [0.25, 0.3) is 0 Å². The highest BCUT2D eigenvalue weighted by Gasteiger charge is 2.46. The Bertz CT molecular complexity index is 522. The van der Waals surface area contributed by atoms with Crippen LogP contribution in [0, 0.1) is 5.92 Å². The second kappa shape index (κ2) is 6.17. The van der Waals surface area contributed by atoms with Gasteiger partial charge in [0, 0.05) is 19.2 Å². The molecule has 0 aromatic heterocycles. The van der Waals surface area contributed by atoms with Crippen molar-refractivity contribution in [3.8, 4) is 0 Å². The van der Waals surface area contributed by atoms with Crippen molar-refractivity contribution in [3.63, 3.8) is 0 Å². The van der Waals surface area contributed by atoms with Gasteiger partial charge in [0.1, 0.15) is 0 Å². The van der Waals surface area contributed by atoms with E-state index < -0.39 is 8.32 Å². The van der Waals surface area contributed by atoms with Crippen molar-refractivity contribution in [2.24, 2.45) is 5.92 Å². The average Bonchev–Trinajstić information content (AvgIpc) is 2.44. The van der Waals surface area contributed by atoms with Crippen LogP contribution in [0.15, 0.2) is 30.3 Å². The predicted molar refractivity (Wildman–Crippen MR) is 93.1 cm³/mol. The molecule has 0 bridgehead atoms. The molecule has 0 radical (unpaired) electrons. The van der Waals surface area contributed by atoms with Gasteiger partial charge in [-0.05, 0) is 30.6 Å². The Kier molecular flexibility index (Phi) is 4.83. The third-order valence-electron chi connectivity index (χ3n) is 5.30. The Hall–Kier alpha value is -1.13. The molecule has 0 N–H and O–H groups in total. The van der Waals surface area contributed by atoms with E-state index in [-0.39, 0.29) is 22.9 Å². The summed E-state index contributed by atoms with van der Waals surface area (Å²) in [4.78, 5) is 14.4. The molecule has 0 unspecified atom stereocenters. The summed E-state index contributed by atoms with van der Waals surface area (Å²) >= 11 is 0. The topological polar surface area (TPSA) is 29.5 Å². The lowest BCUT2D eigenvalue weighted by Gasteiger charge is -2.47. The van der Waals surface area contributed by atoms with Crippen molar-refractivity contribution in [1.82, 2.24) is 4.90 Å². The molecule has 2 rings (SSSR count). The summed E-state index contributed by atoms with van der Waals surface area (Å²) in [5, 5.41) is 0.187. The first-order valence-corrected chi connectivity index (χ1v) is 11.0. The van der Waals surface area contributed by atoms with Crippen LogP contribution in [0.2, 0.25) is 18.1 Å². The van der Waals surface area contributed by atoms with Crippen molar-refractivity contribution >= 4 is 14.2 Å². The number of hydrogen-bond donors (Lipinski definition) is 0. The minimum atomic E-state index is -1.78. The second-order valence-corrected chi connectivity index (χ2v) is 12.7. The van der Waals surface area contributed by atoms with Crippen LogP contribution in [0.4, 0.5) is 0 Å².